The van der Waals surface area contributed by atoms with Crippen LogP contribution in [0.15, 0.2) is 0 Å². The number of aliphatic carboxylic acids is 2. The third-order valence-corrected chi connectivity index (χ3v) is 10.0. The molecule has 1 aromatic rings. The standard InChI is InChI=1S/C37H64N4O6/c1-24(14-9-15-26(3)22-41-36(39)40-21-11-17-31(38)35(44)45)12-8-13-25(2)16-10-19-37(7)20-18-30-29(6)33(46-23-32(42)43)27(4)28(5)34(30)47-37/h24-26,31H,8-23,38H2,1-7H3,(H,42,43)(H,44,45)(H3,39,40,41)/t24-,25+,26?,31-,37+/m0/s1. The number of nitrogens with two attached hydrogens (primary N) is 1. The number of fused-ring (bicyclic) bond motifs is 1. The van der Waals surface area contributed by atoms with Gasteiger partial charge in [0.15, 0.2) is 12.6 Å². The first-order chi connectivity index (χ1) is 22.1. The number of ether oxygens (including phenoxy) is 2. The number of hydrogen-bond donors (Lipinski definition) is 6. The van der Waals surface area contributed by atoms with Gasteiger partial charge >= 0.3 is 11.9 Å². The Morgan fingerprint density at radius 3 is 2.09 bits per heavy atom. The number of hydrogen-bond acceptors (Lipinski definition) is 6. The molecule has 0 fully saturated rings. The second kappa shape index (κ2) is 19.7. The Morgan fingerprint density at radius 2 is 1.49 bits per heavy atom. The van der Waals surface area contributed by atoms with Gasteiger partial charge in [-0.2, -0.15) is 0 Å². The molecule has 1 aliphatic rings. The van der Waals surface area contributed by atoms with Crippen molar-refractivity contribution < 1.29 is 29.3 Å². The molecule has 0 aromatic heterocycles. The van der Waals surface area contributed by atoms with Gasteiger partial charge in [0.05, 0.1) is 0 Å². The predicted octanol–water partition coefficient (Wildman–Crippen LogP) is 6.88. The van der Waals surface area contributed by atoms with Gasteiger partial charge in [-0.1, -0.05) is 59.3 Å². The normalized spacial score (nSPS) is 18.3. The van der Waals surface area contributed by atoms with Crippen LogP contribution in [0.5, 0.6) is 11.5 Å². The van der Waals surface area contributed by atoms with Crippen LogP contribution < -0.4 is 25.8 Å². The molecule has 268 valence electrons. The van der Waals surface area contributed by atoms with E-state index in [9.17, 15) is 9.59 Å². The van der Waals surface area contributed by atoms with Crippen LogP contribution >= 0.6 is 0 Å². The fourth-order valence-corrected chi connectivity index (χ4v) is 6.65. The van der Waals surface area contributed by atoms with Crippen molar-refractivity contribution in [1.82, 2.24) is 10.6 Å². The maximum atomic E-state index is 11.1. The average molecular weight is 661 g/mol. The van der Waals surface area contributed by atoms with E-state index in [1.54, 1.807) is 0 Å². The summed E-state index contributed by atoms with van der Waals surface area (Å²) in [6.07, 6.45) is 13.6. The third-order valence-electron chi connectivity index (χ3n) is 10.0. The maximum absolute atomic E-state index is 11.1. The van der Waals surface area contributed by atoms with Crippen molar-refractivity contribution in [1.29, 1.82) is 5.41 Å². The highest BCUT2D eigenvalue weighted by molar-refractivity contribution is 5.76. The van der Waals surface area contributed by atoms with E-state index in [2.05, 4.69) is 45.3 Å². The van der Waals surface area contributed by atoms with Gasteiger partial charge in [0.1, 0.15) is 23.1 Å². The fourth-order valence-electron chi connectivity index (χ4n) is 6.65. The van der Waals surface area contributed by atoms with E-state index in [1.165, 1.54) is 38.5 Å². The molecule has 1 heterocycles. The lowest BCUT2D eigenvalue weighted by atomic mass is 9.83. The lowest BCUT2D eigenvalue weighted by Crippen LogP contribution is -2.39. The Morgan fingerprint density at radius 1 is 0.894 bits per heavy atom. The van der Waals surface area contributed by atoms with Gasteiger partial charge in [-0.25, -0.2) is 4.79 Å². The van der Waals surface area contributed by atoms with Gasteiger partial charge < -0.3 is 36.1 Å². The van der Waals surface area contributed by atoms with Crippen LogP contribution in [0.2, 0.25) is 0 Å². The molecular weight excluding hydrogens is 596 g/mol. The van der Waals surface area contributed by atoms with Crippen molar-refractivity contribution in [2.75, 3.05) is 19.7 Å². The third kappa shape index (κ3) is 13.9. The molecule has 1 aromatic carbocycles. The van der Waals surface area contributed by atoms with Crippen molar-refractivity contribution in [3.05, 3.63) is 22.3 Å². The molecule has 10 heteroatoms. The molecule has 5 atom stereocenters. The molecule has 1 unspecified atom stereocenters. The first-order valence-electron chi connectivity index (χ1n) is 17.8. The Balaban J connectivity index is 1.61. The highest BCUT2D eigenvalue weighted by Crippen LogP contribution is 2.45. The van der Waals surface area contributed by atoms with E-state index in [1.807, 2.05) is 13.8 Å². The molecule has 10 nitrogen and oxygen atoms in total. The number of guanidine groups is 1. The zero-order chi connectivity index (χ0) is 35.1. The molecule has 1 aliphatic heterocycles. The number of carboxylic acids is 2. The fraction of sp³-hybridized carbons (Fsp3) is 0.757. The van der Waals surface area contributed by atoms with Crippen LogP contribution in [0.25, 0.3) is 0 Å². The van der Waals surface area contributed by atoms with E-state index in [0.29, 0.717) is 37.0 Å². The topological polar surface area (TPSA) is 167 Å². The quantitative estimate of drug-likeness (QED) is 0.0441. The van der Waals surface area contributed by atoms with E-state index >= 15 is 0 Å². The largest absolute Gasteiger partial charge is 0.487 e. The van der Waals surface area contributed by atoms with E-state index < -0.39 is 18.0 Å². The summed E-state index contributed by atoms with van der Waals surface area (Å²) in [7, 11) is 0. The monoisotopic (exact) mass is 660 g/mol. The van der Waals surface area contributed by atoms with Gasteiger partial charge in [-0.15, -0.1) is 0 Å². The van der Waals surface area contributed by atoms with Crippen LogP contribution in [-0.2, 0) is 16.0 Å². The molecular formula is C37H64N4O6. The Kier molecular flexibility index (Phi) is 16.9. The zero-order valence-electron chi connectivity index (χ0n) is 30.2. The molecule has 7 N–H and O–H groups in total. The van der Waals surface area contributed by atoms with Crippen LogP contribution in [-0.4, -0.2) is 59.5 Å². The number of nitrogens with one attached hydrogen (secondary N) is 3. The van der Waals surface area contributed by atoms with Crippen molar-refractivity contribution >= 4 is 17.9 Å². The average Bonchev–Trinajstić information content (AvgIpc) is 3.00. The Hall–Kier alpha value is -3.01. The van der Waals surface area contributed by atoms with Crippen molar-refractivity contribution in [3.63, 3.8) is 0 Å². The highest BCUT2D eigenvalue weighted by Gasteiger charge is 2.34. The lowest BCUT2D eigenvalue weighted by Gasteiger charge is -2.38. The van der Waals surface area contributed by atoms with Crippen molar-refractivity contribution in [2.45, 2.75) is 144 Å². The number of rotatable bonds is 22. The molecule has 0 bridgehead atoms. The predicted molar refractivity (Wildman–Crippen MR) is 189 cm³/mol. The maximum Gasteiger partial charge on any atom is 0.341 e. The van der Waals surface area contributed by atoms with Gasteiger partial charge in [-0.05, 0) is 107 Å². The molecule has 0 spiro atoms. The van der Waals surface area contributed by atoms with Crippen LogP contribution in [0.4, 0.5) is 0 Å². The van der Waals surface area contributed by atoms with Gasteiger partial charge in [-0.3, -0.25) is 10.2 Å². The van der Waals surface area contributed by atoms with Crippen LogP contribution in [0.1, 0.15) is 127 Å². The summed E-state index contributed by atoms with van der Waals surface area (Å²) in [4.78, 5) is 21.8. The van der Waals surface area contributed by atoms with Crippen LogP contribution in [0.3, 0.4) is 0 Å². The summed E-state index contributed by atoms with van der Waals surface area (Å²) in [5.74, 6) is 1.89. The first kappa shape index (κ1) is 40.2. The molecule has 0 amide bonds. The van der Waals surface area contributed by atoms with Crippen molar-refractivity contribution in [3.8, 4) is 11.5 Å². The molecule has 47 heavy (non-hydrogen) atoms. The minimum absolute atomic E-state index is 0.185. The molecule has 2 rings (SSSR count). The smallest absolute Gasteiger partial charge is 0.341 e. The lowest BCUT2D eigenvalue weighted by molar-refractivity contribution is -0.140. The molecule has 0 aliphatic carbocycles. The first-order valence-corrected chi connectivity index (χ1v) is 17.8. The van der Waals surface area contributed by atoms with Gasteiger partial charge in [0.25, 0.3) is 0 Å². The minimum atomic E-state index is -0.985. The summed E-state index contributed by atoms with van der Waals surface area (Å²) >= 11 is 0. The SMILES string of the molecule is Cc1c(C)c2c(c(C)c1OCC(=O)O)CC[C@@](C)(CCC[C@H](C)CCC[C@H](C)CCCC(C)CNC(=N)NCCC[C@H](N)C(=O)O)O2. The second-order valence-corrected chi connectivity index (χ2v) is 14.6. The zero-order valence-corrected chi connectivity index (χ0v) is 30.2. The molecule has 0 saturated heterocycles. The van der Waals surface area contributed by atoms with Crippen LogP contribution in [0, 0.1) is 43.9 Å². The highest BCUT2D eigenvalue weighted by atomic mass is 16.5. The molecule has 0 saturated carbocycles. The number of benzene rings is 1. The molecule has 0 radical (unpaired) electrons. The summed E-state index contributed by atoms with van der Waals surface area (Å²) in [5, 5.41) is 32.0. The number of carbonyl (C=O) groups is 2. The minimum Gasteiger partial charge on any atom is -0.487 e. The van der Waals surface area contributed by atoms with Gasteiger partial charge in [0.2, 0.25) is 0 Å². The van der Waals surface area contributed by atoms with E-state index in [-0.39, 0.29) is 18.2 Å². The second-order valence-electron chi connectivity index (χ2n) is 14.6. The van der Waals surface area contributed by atoms with Gasteiger partial charge in [0, 0.05) is 18.7 Å². The summed E-state index contributed by atoms with van der Waals surface area (Å²) in [6, 6.07) is -0.840. The Bertz CT molecular complexity index is 1170. The Labute approximate surface area is 283 Å². The van der Waals surface area contributed by atoms with E-state index in [4.69, 9.17) is 30.8 Å². The summed E-state index contributed by atoms with van der Waals surface area (Å²) in [6.45, 7) is 16.2. The van der Waals surface area contributed by atoms with Crippen molar-refractivity contribution in [2.24, 2.45) is 23.5 Å². The number of carboxylic acid groups (broad SMARTS) is 2. The summed E-state index contributed by atoms with van der Waals surface area (Å²) < 4.78 is 12.3. The summed E-state index contributed by atoms with van der Waals surface area (Å²) in [5.41, 5.74) is 9.49. The van der Waals surface area contributed by atoms with E-state index in [0.717, 1.165) is 72.6 Å².